The number of nitrogens with two attached hydrogens (primary N) is 1. The van der Waals surface area contributed by atoms with Crippen LogP contribution in [0.15, 0.2) is 4.52 Å². The number of hydrogen-bond donors (Lipinski definition) is 1. The highest BCUT2D eigenvalue weighted by molar-refractivity contribution is 7.90. The van der Waals surface area contributed by atoms with Crippen molar-refractivity contribution in [1.82, 2.24) is 15.0 Å². The summed E-state index contributed by atoms with van der Waals surface area (Å²) in [5.74, 6) is 0.435. The second kappa shape index (κ2) is 6.44. The van der Waals surface area contributed by atoms with Crippen LogP contribution >= 0.6 is 0 Å². The SMILES string of the molecule is CCN(CC)CC(N)c1noc(C(C)S(C)(=O)=O)n1. The molecule has 0 fully saturated rings. The molecule has 2 atom stereocenters. The molecule has 1 heterocycles. The molecule has 0 spiro atoms. The van der Waals surface area contributed by atoms with Gasteiger partial charge >= 0.3 is 0 Å². The molecule has 0 saturated heterocycles. The van der Waals surface area contributed by atoms with E-state index in [9.17, 15) is 8.42 Å². The van der Waals surface area contributed by atoms with Crippen LogP contribution in [0.3, 0.4) is 0 Å². The molecule has 0 amide bonds. The smallest absolute Gasteiger partial charge is 0.244 e. The Bertz CT molecular complexity index is 496. The van der Waals surface area contributed by atoms with Crippen LogP contribution in [0.5, 0.6) is 0 Å². The van der Waals surface area contributed by atoms with Gasteiger partial charge in [0, 0.05) is 12.8 Å². The highest BCUT2D eigenvalue weighted by atomic mass is 32.2. The monoisotopic (exact) mass is 290 g/mol. The third kappa shape index (κ3) is 4.26. The normalized spacial score (nSPS) is 15.7. The third-order valence-electron chi connectivity index (χ3n) is 3.13. The minimum Gasteiger partial charge on any atom is -0.338 e. The summed E-state index contributed by atoms with van der Waals surface area (Å²) in [5, 5.41) is 2.96. The maximum Gasteiger partial charge on any atom is 0.244 e. The summed E-state index contributed by atoms with van der Waals surface area (Å²) in [6.07, 6.45) is 1.14. The van der Waals surface area contributed by atoms with Gasteiger partial charge in [0.05, 0.1) is 6.04 Å². The molecule has 2 unspecified atom stereocenters. The first kappa shape index (κ1) is 16.1. The minimum absolute atomic E-state index is 0.0903. The summed E-state index contributed by atoms with van der Waals surface area (Å²) >= 11 is 0. The lowest BCUT2D eigenvalue weighted by molar-refractivity contribution is 0.277. The minimum atomic E-state index is -3.25. The van der Waals surface area contributed by atoms with Gasteiger partial charge in [-0.2, -0.15) is 4.98 Å². The van der Waals surface area contributed by atoms with Crippen molar-refractivity contribution in [2.24, 2.45) is 5.73 Å². The maximum absolute atomic E-state index is 11.4. The molecule has 0 aromatic carbocycles. The van der Waals surface area contributed by atoms with Crippen molar-refractivity contribution in [2.75, 3.05) is 25.9 Å². The first-order valence-electron chi connectivity index (χ1n) is 6.29. The van der Waals surface area contributed by atoms with Crippen LogP contribution < -0.4 is 5.73 Å². The number of likely N-dealkylation sites (N-methyl/N-ethyl adjacent to an activating group) is 1. The van der Waals surface area contributed by atoms with Gasteiger partial charge in [-0.3, -0.25) is 0 Å². The molecule has 2 N–H and O–H groups in total. The number of aromatic nitrogens is 2. The quantitative estimate of drug-likeness (QED) is 0.780. The number of rotatable bonds is 7. The van der Waals surface area contributed by atoms with Crippen molar-refractivity contribution < 1.29 is 12.9 Å². The number of hydrogen-bond acceptors (Lipinski definition) is 7. The van der Waals surface area contributed by atoms with Crippen molar-refractivity contribution >= 4 is 9.84 Å². The summed E-state index contributed by atoms with van der Waals surface area (Å²) in [5.41, 5.74) is 5.99. The second-order valence-corrected chi connectivity index (χ2v) is 6.92. The van der Waals surface area contributed by atoms with E-state index in [1.54, 1.807) is 0 Å². The molecule has 8 heteroatoms. The van der Waals surface area contributed by atoms with Crippen molar-refractivity contribution in [3.8, 4) is 0 Å². The van der Waals surface area contributed by atoms with Gasteiger partial charge in [0.25, 0.3) is 0 Å². The Morgan fingerprint density at radius 3 is 2.42 bits per heavy atom. The topological polar surface area (TPSA) is 102 Å². The van der Waals surface area contributed by atoms with Crippen molar-refractivity contribution in [3.05, 3.63) is 11.7 Å². The van der Waals surface area contributed by atoms with E-state index in [1.807, 2.05) is 13.8 Å². The Morgan fingerprint density at radius 1 is 1.37 bits per heavy atom. The zero-order valence-electron chi connectivity index (χ0n) is 11.8. The van der Waals surface area contributed by atoms with Gasteiger partial charge in [0.1, 0.15) is 5.25 Å². The van der Waals surface area contributed by atoms with E-state index in [4.69, 9.17) is 10.3 Å². The average Bonchev–Trinajstić information content (AvgIpc) is 2.82. The highest BCUT2D eigenvalue weighted by Gasteiger charge is 2.25. The Morgan fingerprint density at radius 2 is 1.95 bits per heavy atom. The molecular formula is C11H22N4O3S. The van der Waals surface area contributed by atoms with Gasteiger partial charge in [-0.05, 0) is 20.0 Å². The van der Waals surface area contributed by atoms with Crippen LogP contribution in [0.25, 0.3) is 0 Å². The fraction of sp³-hybridized carbons (Fsp3) is 0.818. The van der Waals surface area contributed by atoms with E-state index >= 15 is 0 Å². The lowest BCUT2D eigenvalue weighted by Gasteiger charge is -2.20. The van der Waals surface area contributed by atoms with Crippen molar-refractivity contribution in [3.63, 3.8) is 0 Å². The van der Waals surface area contributed by atoms with Gasteiger partial charge in [0.15, 0.2) is 15.7 Å². The van der Waals surface area contributed by atoms with Crippen LogP contribution in [0, 0.1) is 0 Å². The first-order chi connectivity index (χ1) is 8.79. The molecule has 0 saturated carbocycles. The zero-order valence-corrected chi connectivity index (χ0v) is 12.6. The van der Waals surface area contributed by atoms with E-state index < -0.39 is 15.1 Å². The van der Waals surface area contributed by atoms with Crippen LogP contribution in [-0.4, -0.2) is 49.3 Å². The van der Waals surface area contributed by atoms with Crippen LogP contribution in [0.4, 0.5) is 0 Å². The Hall–Kier alpha value is -0.990. The molecule has 0 aliphatic rings. The third-order valence-corrected chi connectivity index (χ3v) is 4.61. The molecule has 19 heavy (non-hydrogen) atoms. The standard InChI is InChI=1S/C11H22N4O3S/c1-5-15(6-2)7-9(12)10-13-11(18-14-10)8(3)19(4,16)17/h8-9H,5-7,12H2,1-4H3. The second-order valence-electron chi connectivity index (χ2n) is 4.55. The van der Waals surface area contributed by atoms with Crippen LogP contribution in [-0.2, 0) is 9.84 Å². The predicted octanol–water partition coefficient (Wildman–Crippen LogP) is 0.517. The summed E-state index contributed by atoms with van der Waals surface area (Å²) < 4.78 is 27.8. The number of sulfone groups is 1. The largest absolute Gasteiger partial charge is 0.338 e. The first-order valence-corrected chi connectivity index (χ1v) is 8.25. The lowest BCUT2D eigenvalue weighted by atomic mass is 10.2. The molecule has 1 rings (SSSR count). The molecular weight excluding hydrogens is 268 g/mol. The van der Waals surface area contributed by atoms with E-state index in [0.717, 1.165) is 19.3 Å². The van der Waals surface area contributed by atoms with Crippen LogP contribution in [0.2, 0.25) is 0 Å². The van der Waals surface area contributed by atoms with E-state index in [1.165, 1.54) is 6.92 Å². The maximum atomic E-state index is 11.4. The fourth-order valence-electron chi connectivity index (χ4n) is 1.59. The van der Waals surface area contributed by atoms with Gasteiger partial charge in [-0.15, -0.1) is 0 Å². The molecule has 0 radical (unpaired) electrons. The molecule has 110 valence electrons. The molecule has 0 aliphatic carbocycles. The summed E-state index contributed by atoms with van der Waals surface area (Å²) in [6, 6.07) is -0.385. The molecule has 1 aromatic heterocycles. The Kier molecular flexibility index (Phi) is 5.45. The predicted molar refractivity (Wildman–Crippen MR) is 72.3 cm³/mol. The van der Waals surface area contributed by atoms with Gasteiger partial charge < -0.3 is 15.2 Å². The Balaban J connectivity index is 2.79. The summed E-state index contributed by atoms with van der Waals surface area (Å²) in [7, 11) is -3.25. The van der Waals surface area contributed by atoms with Gasteiger partial charge in [-0.1, -0.05) is 19.0 Å². The average molecular weight is 290 g/mol. The fourth-order valence-corrected chi connectivity index (χ4v) is 2.05. The molecule has 0 bridgehead atoms. The number of nitrogens with zero attached hydrogens (tertiary/aromatic N) is 3. The molecule has 0 aliphatic heterocycles. The lowest BCUT2D eigenvalue weighted by Crippen LogP contribution is -2.32. The van der Waals surface area contributed by atoms with E-state index in [0.29, 0.717) is 12.4 Å². The van der Waals surface area contributed by atoms with Gasteiger partial charge in [0.2, 0.25) is 5.89 Å². The summed E-state index contributed by atoms with van der Waals surface area (Å²) in [6.45, 7) is 7.98. The molecule has 7 nitrogen and oxygen atoms in total. The Labute approximate surface area is 114 Å². The van der Waals surface area contributed by atoms with Gasteiger partial charge in [-0.25, -0.2) is 8.42 Å². The van der Waals surface area contributed by atoms with Crippen LogP contribution in [0.1, 0.15) is 43.8 Å². The zero-order chi connectivity index (χ0) is 14.6. The van der Waals surface area contributed by atoms with E-state index in [-0.39, 0.29) is 11.9 Å². The highest BCUT2D eigenvalue weighted by Crippen LogP contribution is 2.20. The van der Waals surface area contributed by atoms with Crippen molar-refractivity contribution in [2.45, 2.75) is 32.1 Å². The van der Waals surface area contributed by atoms with E-state index in [2.05, 4.69) is 15.0 Å². The van der Waals surface area contributed by atoms with Crippen molar-refractivity contribution in [1.29, 1.82) is 0 Å². The molecule has 1 aromatic rings. The summed E-state index contributed by atoms with van der Waals surface area (Å²) in [4.78, 5) is 6.23.